The fraction of sp³-hybridized carbons (Fsp3) is 0.636. The van der Waals surface area contributed by atoms with Gasteiger partial charge >= 0.3 is 6.61 Å². The maximum atomic E-state index is 13.8. The van der Waals surface area contributed by atoms with Crippen molar-refractivity contribution >= 4 is 0 Å². The Bertz CT molecular complexity index is 569. The van der Waals surface area contributed by atoms with Crippen LogP contribution in [0.1, 0.15) is 70.3 Å². The van der Waals surface area contributed by atoms with Crippen LogP contribution < -0.4 is 4.74 Å². The Morgan fingerprint density at radius 2 is 1.59 bits per heavy atom. The molecule has 0 aliphatic heterocycles. The van der Waals surface area contributed by atoms with Crippen molar-refractivity contribution < 1.29 is 22.3 Å². The molecule has 0 atom stereocenters. The third-order valence-corrected chi connectivity index (χ3v) is 5.54. The van der Waals surface area contributed by atoms with E-state index >= 15 is 0 Å². The van der Waals surface area contributed by atoms with E-state index in [9.17, 15) is 17.6 Å². The second kappa shape index (κ2) is 11.4. The summed E-state index contributed by atoms with van der Waals surface area (Å²) >= 11 is 0. The van der Waals surface area contributed by atoms with Gasteiger partial charge in [0, 0.05) is 0 Å². The van der Waals surface area contributed by atoms with E-state index in [1.807, 2.05) is 0 Å². The number of alkyl halides is 2. The molecule has 0 saturated heterocycles. The van der Waals surface area contributed by atoms with Crippen LogP contribution in [-0.4, -0.2) is 6.61 Å². The second-order valence-electron chi connectivity index (χ2n) is 7.55. The van der Waals surface area contributed by atoms with Crippen LogP contribution in [0.25, 0.3) is 0 Å². The van der Waals surface area contributed by atoms with E-state index in [1.54, 1.807) is 0 Å². The molecule has 1 nitrogen and oxygen atoms in total. The molecule has 0 spiro atoms. The lowest BCUT2D eigenvalue weighted by Crippen LogP contribution is -2.15. The van der Waals surface area contributed by atoms with Crippen molar-refractivity contribution in [2.24, 2.45) is 11.8 Å². The van der Waals surface area contributed by atoms with Crippen molar-refractivity contribution in [3.8, 4) is 5.75 Å². The Balaban J connectivity index is 1.72. The van der Waals surface area contributed by atoms with Crippen LogP contribution in [0.15, 0.2) is 24.3 Å². The number of hydrogen-bond acceptors (Lipinski definition) is 1. The second-order valence-corrected chi connectivity index (χ2v) is 7.55. The minimum atomic E-state index is -3.24. The molecule has 1 aromatic carbocycles. The standard InChI is InChI=1S/C22H30F4O/c1-2-3-4-5-6-7-16-8-10-17(11-9-16)12-13-18-14-19(23)21(20(24)15-18)27-22(25)26/h2-3,14-17,22H,4-13H2,1H3/b3-2+/t16-,17-. The molecule has 1 aromatic rings. The first kappa shape index (κ1) is 21.8. The van der Waals surface area contributed by atoms with Gasteiger partial charge in [-0.15, -0.1) is 0 Å². The zero-order chi connectivity index (χ0) is 19.6. The van der Waals surface area contributed by atoms with Crippen LogP contribution in [0, 0.1) is 23.5 Å². The summed E-state index contributed by atoms with van der Waals surface area (Å²) < 4.78 is 55.8. The number of rotatable bonds is 10. The summed E-state index contributed by atoms with van der Waals surface area (Å²) in [6, 6.07) is 2.22. The van der Waals surface area contributed by atoms with Gasteiger partial charge in [0.1, 0.15) is 0 Å². The molecule has 1 aliphatic rings. The third kappa shape index (κ3) is 7.55. The average molecular weight is 386 g/mol. The molecule has 1 aliphatic carbocycles. The molecule has 0 aromatic heterocycles. The number of aryl methyl sites for hydroxylation is 1. The summed E-state index contributed by atoms with van der Waals surface area (Å²) in [5.41, 5.74) is 0.498. The van der Waals surface area contributed by atoms with E-state index in [0.29, 0.717) is 17.9 Å². The number of unbranched alkanes of at least 4 members (excludes halogenated alkanes) is 2. The maximum absolute atomic E-state index is 13.8. The van der Waals surface area contributed by atoms with Crippen LogP contribution in [0.5, 0.6) is 5.75 Å². The minimum Gasteiger partial charge on any atom is -0.429 e. The molecule has 1 fully saturated rings. The molecule has 0 heterocycles. The highest BCUT2D eigenvalue weighted by atomic mass is 19.3. The summed E-state index contributed by atoms with van der Waals surface area (Å²) in [4.78, 5) is 0. The Labute approximate surface area is 159 Å². The smallest absolute Gasteiger partial charge is 0.387 e. The molecule has 0 N–H and O–H groups in total. The van der Waals surface area contributed by atoms with E-state index in [4.69, 9.17) is 0 Å². The number of hydrogen-bond donors (Lipinski definition) is 0. The lowest BCUT2D eigenvalue weighted by molar-refractivity contribution is -0.0546. The molecule has 0 amide bonds. The molecular weight excluding hydrogens is 356 g/mol. The molecule has 0 bridgehead atoms. The Kier molecular flexibility index (Phi) is 9.16. The summed E-state index contributed by atoms with van der Waals surface area (Å²) in [7, 11) is 0. The average Bonchev–Trinajstić information content (AvgIpc) is 2.63. The quantitative estimate of drug-likeness (QED) is 0.231. The van der Waals surface area contributed by atoms with Gasteiger partial charge in [0.05, 0.1) is 0 Å². The zero-order valence-electron chi connectivity index (χ0n) is 16.0. The zero-order valence-corrected chi connectivity index (χ0v) is 16.0. The van der Waals surface area contributed by atoms with E-state index in [-0.39, 0.29) is 0 Å². The molecular formula is C22H30F4O. The molecule has 0 unspecified atom stereocenters. The predicted molar refractivity (Wildman–Crippen MR) is 100 cm³/mol. The van der Waals surface area contributed by atoms with E-state index in [2.05, 4.69) is 23.8 Å². The SMILES string of the molecule is C/C=C/CCCC[C@H]1CC[C@H](CCc2cc(F)c(OC(F)F)c(F)c2)CC1. The summed E-state index contributed by atoms with van der Waals surface area (Å²) in [6.45, 7) is -1.19. The number of halogens is 4. The highest BCUT2D eigenvalue weighted by Crippen LogP contribution is 2.35. The summed E-state index contributed by atoms with van der Waals surface area (Å²) in [5, 5.41) is 0. The van der Waals surface area contributed by atoms with Gasteiger partial charge in [0.2, 0.25) is 0 Å². The lowest BCUT2D eigenvalue weighted by Gasteiger charge is -2.28. The van der Waals surface area contributed by atoms with Crippen LogP contribution in [-0.2, 0) is 6.42 Å². The first-order valence-corrected chi connectivity index (χ1v) is 10.0. The summed E-state index contributed by atoms with van der Waals surface area (Å²) in [6.07, 6.45) is 15.6. The number of ether oxygens (including phenoxy) is 1. The van der Waals surface area contributed by atoms with Gasteiger partial charge in [-0.1, -0.05) is 50.7 Å². The lowest BCUT2D eigenvalue weighted by atomic mass is 9.78. The Hall–Kier alpha value is -1.52. The highest BCUT2D eigenvalue weighted by Gasteiger charge is 2.21. The molecule has 5 heteroatoms. The fourth-order valence-corrected chi connectivity index (χ4v) is 4.00. The first-order valence-electron chi connectivity index (χ1n) is 10.0. The molecule has 27 heavy (non-hydrogen) atoms. The Morgan fingerprint density at radius 1 is 1.00 bits per heavy atom. The molecule has 1 saturated carbocycles. The van der Waals surface area contributed by atoms with Crippen LogP contribution in [0.3, 0.4) is 0 Å². The van der Waals surface area contributed by atoms with Crippen LogP contribution >= 0.6 is 0 Å². The van der Waals surface area contributed by atoms with Crippen molar-refractivity contribution in [2.75, 3.05) is 0 Å². The monoisotopic (exact) mass is 386 g/mol. The van der Waals surface area contributed by atoms with Crippen molar-refractivity contribution in [1.82, 2.24) is 0 Å². The normalized spacial score (nSPS) is 20.5. The topological polar surface area (TPSA) is 9.23 Å². The number of allylic oxidation sites excluding steroid dienone is 2. The Morgan fingerprint density at radius 3 is 2.15 bits per heavy atom. The van der Waals surface area contributed by atoms with Crippen molar-refractivity contribution in [2.45, 2.75) is 77.7 Å². The van der Waals surface area contributed by atoms with E-state index in [1.165, 1.54) is 38.5 Å². The minimum absolute atomic E-state index is 0.498. The van der Waals surface area contributed by atoms with E-state index in [0.717, 1.165) is 37.3 Å². The van der Waals surface area contributed by atoms with Crippen LogP contribution in [0.4, 0.5) is 17.6 Å². The maximum Gasteiger partial charge on any atom is 0.387 e. The van der Waals surface area contributed by atoms with Gasteiger partial charge in [-0.25, -0.2) is 8.78 Å². The van der Waals surface area contributed by atoms with Gasteiger partial charge < -0.3 is 4.74 Å². The van der Waals surface area contributed by atoms with Crippen molar-refractivity contribution in [1.29, 1.82) is 0 Å². The van der Waals surface area contributed by atoms with Gasteiger partial charge in [0.15, 0.2) is 17.4 Å². The number of benzene rings is 1. The molecule has 2 rings (SSSR count). The van der Waals surface area contributed by atoms with Crippen molar-refractivity contribution in [3.63, 3.8) is 0 Å². The fourth-order valence-electron chi connectivity index (χ4n) is 4.00. The first-order chi connectivity index (χ1) is 13.0. The van der Waals surface area contributed by atoms with Crippen LogP contribution in [0.2, 0.25) is 0 Å². The predicted octanol–water partition coefficient (Wildman–Crippen LogP) is 7.44. The van der Waals surface area contributed by atoms with Gasteiger partial charge in [-0.3, -0.25) is 0 Å². The summed E-state index contributed by atoms with van der Waals surface area (Å²) in [5.74, 6) is -1.73. The van der Waals surface area contributed by atoms with E-state index < -0.39 is 24.0 Å². The van der Waals surface area contributed by atoms with Crippen molar-refractivity contribution in [3.05, 3.63) is 41.5 Å². The largest absolute Gasteiger partial charge is 0.429 e. The van der Waals surface area contributed by atoms with Gasteiger partial charge in [-0.05, 0) is 62.1 Å². The highest BCUT2D eigenvalue weighted by molar-refractivity contribution is 5.31. The molecule has 0 radical (unpaired) electrons. The van der Waals surface area contributed by atoms with Gasteiger partial charge in [0.25, 0.3) is 0 Å². The third-order valence-electron chi connectivity index (χ3n) is 5.54. The molecule has 152 valence electrons. The van der Waals surface area contributed by atoms with Gasteiger partial charge in [-0.2, -0.15) is 8.78 Å².